The van der Waals surface area contributed by atoms with Crippen LogP contribution in [0.5, 0.6) is 11.5 Å². The largest absolute Gasteiger partial charge is 0.497 e. The van der Waals surface area contributed by atoms with Gasteiger partial charge in [0.05, 0.1) is 36.9 Å². The van der Waals surface area contributed by atoms with Crippen molar-refractivity contribution in [3.05, 3.63) is 94.0 Å². The molecule has 0 radical (unpaired) electrons. The van der Waals surface area contributed by atoms with E-state index in [1.54, 1.807) is 49.1 Å². The van der Waals surface area contributed by atoms with Crippen molar-refractivity contribution in [3.63, 3.8) is 0 Å². The quantitative estimate of drug-likeness (QED) is 0.424. The van der Waals surface area contributed by atoms with Crippen LogP contribution in [0.2, 0.25) is 0 Å². The molecular weight excluding hydrogens is 442 g/mol. The minimum absolute atomic E-state index is 0.0513. The number of methoxy groups -OCH3 is 2. The zero-order valence-corrected chi connectivity index (χ0v) is 20.0. The van der Waals surface area contributed by atoms with Crippen molar-refractivity contribution in [2.75, 3.05) is 20.8 Å². The number of amides is 1. The van der Waals surface area contributed by atoms with Gasteiger partial charge in [0, 0.05) is 17.7 Å². The Bertz CT molecular complexity index is 1460. The van der Waals surface area contributed by atoms with E-state index in [9.17, 15) is 9.59 Å². The van der Waals surface area contributed by atoms with Crippen molar-refractivity contribution in [3.8, 4) is 17.2 Å². The summed E-state index contributed by atoms with van der Waals surface area (Å²) in [6.07, 6.45) is 1.76. The van der Waals surface area contributed by atoms with Gasteiger partial charge in [-0.25, -0.2) is 4.98 Å². The van der Waals surface area contributed by atoms with E-state index < -0.39 is 0 Å². The Morgan fingerprint density at radius 2 is 1.77 bits per heavy atom. The summed E-state index contributed by atoms with van der Waals surface area (Å²) in [4.78, 5) is 33.1. The van der Waals surface area contributed by atoms with Crippen molar-refractivity contribution in [2.45, 2.75) is 25.8 Å². The van der Waals surface area contributed by atoms with Crippen LogP contribution in [0.25, 0.3) is 16.6 Å². The fourth-order valence-electron chi connectivity index (χ4n) is 4.90. The number of ether oxygens (including phenoxy) is 2. The van der Waals surface area contributed by atoms with Gasteiger partial charge in [-0.2, -0.15) is 0 Å². The van der Waals surface area contributed by atoms with Crippen LogP contribution in [0.3, 0.4) is 0 Å². The Kier molecular flexibility index (Phi) is 5.99. The van der Waals surface area contributed by atoms with Crippen molar-refractivity contribution in [1.29, 1.82) is 0 Å². The fourth-order valence-corrected chi connectivity index (χ4v) is 4.90. The summed E-state index contributed by atoms with van der Waals surface area (Å²) in [5.74, 6) is 2.01. The van der Waals surface area contributed by atoms with E-state index in [1.807, 2.05) is 48.2 Å². The van der Waals surface area contributed by atoms with Crippen LogP contribution < -0.4 is 15.0 Å². The molecule has 7 nitrogen and oxygen atoms in total. The maximum atomic E-state index is 13.5. The number of hydrogen-bond acceptors (Lipinski definition) is 5. The third kappa shape index (κ3) is 4.03. The Labute approximate surface area is 203 Å². The Hall–Kier alpha value is -4.13. The van der Waals surface area contributed by atoms with Gasteiger partial charge in [-0.15, -0.1) is 0 Å². The number of fused-ring (bicyclic) bond motifs is 1. The second-order valence-corrected chi connectivity index (χ2v) is 8.63. The average molecular weight is 470 g/mol. The monoisotopic (exact) mass is 469 g/mol. The van der Waals surface area contributed by atoms with Crippen LogP contribution >= 0.6 is 0 Å². The van der Waals surface area contributed by atoms with E-state index in [1.165, 1.54) is 0 Å². The van der Waals surface area contributed by atoms with Crippen LogP contribution in [0.1, 0.15) is 40.6 Å². The van der Waals surface area contributed by atoms with Crippen molar-refractivity contribution in [2.24, 2.45) is 0 Å². The molecule has 178 valence electrons. The molecule has 0 bridgehead atoms. The molecule has 0 spiro atoms. The third-order valence-electron chi connectivity index (χ3n) is 6.63. The smallest absolute Gasteiger partial charge is 0.265 e. The van der Waals surface area contributed by atoms with Gasteiger partial charge in [-0.3, -0.25) is 14.2 Å². The molecule has 1 aromatic heterocycles. The highest BCUT2D eigenvalue weighted by Gasteiger charge is 2.32. The Balaban J connectivity index is 1.46. The second-order valence-electron chi connectivity index (χ2n) is 8.63. The SMILES string of the molecule is COc1ccc(OC)c([C@H]2CCCN2C(=O)c2ccc(-n3c(C)nc4ccccc4c3=O)cc2)c1. The number of aromatic nitrogens is 2. The van der Waals surface area contributed by atoms with Crippen LogP contribution in [-0.2, 0) is 0 Å². The molecule has 7 heteroatoms. The van der Waals surface area contributed by atoms with Gasteiger partial charge >= 0.3 is 0 Å². The lowest BCUT2D eigenvalue weighted by molar-refractivity contribution is 0.0734. The predicted molar refractivity (Wildman–Crippen MR) is 135 cm³/mol. The second kappa shape index (κ2) is 9.25. The van der Waals surface area contributed by atoms with Gasteiger partial charge in [-0.1, -0.05) is 12.1 Å². The first-order valence-corrected chi connectivity index (χ1v) is 11.6. The molecule has 0 unspecified atom stereocenters. The number of rotatable bonds is 5. The molecule has 3 aromatic carbocycles. The Morgan fingerprint density at radius 3 is 2.51 bits per heavy atom. The highest BCUT2D eigenvalue weighted by molar-refractivity contribution is 5.95. The highest BCUT2D eigenvalue weighted by atomic mass is 16.5. The lowest BCUT2D eigenvalue weighted by atomic mass is 10.0. The number of carbonyl (C=O) groups is 1. The third-order valence-corrected chi connectivity index (χ3v) is 6.63. The number of benzene rings is 3. The van der Waals surface area contributed by atoms with Gasteiger partial charge in [0.1, 0.15) is 17.3 Å². The molecule has 0 saturated carbocycles. The van der Waals surface area contributed by atoms with Gasteiger partial charge in [-0.05, 0) is 74.4 Å². The zero-order chi connectivity index (χ0) is 24.5. The lowest BCUT2D eigenvalue weighted by Gasteiger charge is -2.27. The number of likely N-dealkylation sites (tertiary alicyclic amines) is 1. The standard InChI is InChI=1S/C28H27N3O4/c1-18-29-24-8-5-4-7-22(24)28(33)31(18)20-12-10-19(11-13-20)27(32)30-16-6-9-25(30)23-17-21(34-2)14-15-26(23)35-3/h4-5,7-8,10-15,17,25H,6,9,16H2,1-3H3/t25-/m1/s1. The van der Waals surface area contributed by atoms with E-state index in [4.69, 9.17) is 9.47 Å². The lowest BCUT2D eigenvalue weighted by Crippen LogP contribution is -2.31. The van der Waals surface area contributed by atoms with E-state index in [0.29, 0.717) is 34.5 Å². The zero-order valence-electron chi connectivity index (χ0n) is 20.0. The topological polar surface area (TPSA) is 73.7 Å². The molecule has 0 N–H and O–H groups in total. The Morgan fingerprint density at radius 1 is 1.00 bits per heavy atom. The van der Waals surface area contributed by atoms with E-state index in [0.717, 1.165) is 29.9 Å². The number of aryl methyl sites for hydroxylation is 1. The van der Waals surface area contributed by atoms with Crippen molar-refractivity contribution in [1.82, 2.24) is 14.5 Å². The van der Waals surface area contributed by atoms with Crippen LogP contribution in [0, 0.1) is 6.92 Å². The first-order valence-electron chi connectivity index (χ1n) is 11.6. The van der Waals surface area contributed by atoms with Crippen molar-refractivity contribution >= 4 is 16.8 Å². The van der Waals surface area contributed by atoms with Gasteiger partial charge in [0.25, 0.3) is 11.5 Å². The molecule has 5 rings (SSSR count). The minimum Gasteiger partial charge on any atom is -0.497 e. The molecule has 1 saturated heterocycles. The molecule has 0 aliphatic carbocycles. The minimum atomic E-state index is -0.128. The number of para-hydroxylation sites is 1. The average Bonchev–Trinajstić information content (AvgIpc) is 3.38. The summed E-state index contributed by atoms with van der Waals surface area (Å²) in [5.41, 5.74) is 2.73. The molecule has 2 heterocycles. The predicted octanol–water partition coefficient (Wildman–Crippen LogP) is 4.69. The maximum Gasteiger partial charge on any atom is 0.265 e. The number of carbonyl (C=O) groups excluding carboxylic acids is 1. The summed E-state index contributed by atoms with van der Waals surface area (Å²) < 4.78 is 12.6. The van der Waals surface area contributed by atoms with Crippen molar-refractivity contribution < 1.29 is 14.3 Å². The molecule has 1 amide bonds. The van der Waals surface area contributed by atoms with Gasteiger partial charge in [0.2, 0.25) is 0 Å². The highest BCUT2D eigenvalue weighted by Crippen LogP contribution is 2.39. The summed E-state index contributed by atoms with van der Waals surface area (Å²) >= 11 is 0. The van der Waals surface area contributed by atoms with E-state index in [-0.39, 0.29) is 17.5 Å². The van der Waals surface area contributed by atoms with Gasteiger partial charge < -0.3 is 14.4 Å². The fraction of sp³-hybridized carbons (Fsp3) is 0.250. The molecule has 1 aliphatic heterocycles. The summed E-state index contributed by atoms with van der Waals surface area (Å²) in [7, 11) is 3.26. The molecule has 4 aromatic rings. The molecule has 1 fully saturated rings. The number of nitrogens with zero attached hydrogens (tertiary/aromatic N) is 3. The molecule has 35 heavy (non-hydrogen) atoms. The molecule has 1 atom stereocenters. The van der Waals surface area contributed by atoms with Crippen LogP contribution in [-0.4, -0.2) is 41.1 Å². The summed E-state index contributed by atoms with van der Waals surface area (Å²) in [6.45, 7) is 2.47. The first kappa shape index (κ1) is 22.7. The first-order chi connectivity index (χ1) is 17.0. The van der Waals surface area contributed by atoms with Gasteiger partial charge in [0.15, 0.2) is 0 Å². The van der Waals surface area contributed by atoms with Crippen LogP contribution in [0.4, 0.5) is 0 Å². The molecule has 1 aliphatic rings. The van der Waals surface area contributed by atoms with E-state index in [2.05, 4.69) is 4.98 Å². The maximum absolute atomic E-state index is 13.5. The van der Waals surface area contributed by atoms with Crippen LogP contribution in [0.15, 0.2) is 71.5 Å². The molecular formula is C28H27N3O4. The normalized spacial score (nSPS) is 15.4. The van der Waals surface area contributed by atoms with E-state index >= 15 is 0 Å². The number of hydrogen-bond donors (Lipinski definition) is 0. The summed E-state index contributed by atoms with van der Waals surface area (Å²) in [6, 6.07) is 20.0. The summed E-state index contributed by atoms with van der Waals surface area (Å²) in [5, 5.41) is 0.561.